The van der Waals surface area contributed by atoms with Crippen molar-refractivity contribution in [3.8, 4) is 0 Å². The van der Waals surface area contributed by atoms with Gasteiger partial charge in [-0.15, -0.1) is 0 Å². The fraction of sp³-hybridized carbons (Fsp3) is 0.278. The Morgan fingerprint density at radius 2 is 1.42 bits per heavy atom. The summed E-state index contributed by atoms with van der Waals surface area (Å²) < 4.78 is 48.4. The molecule has 8 nitrogen and oxygen atoms in total. The van der Waals surface area contributed by atoms with E-state index in [-0.39, 0.29) is 41.5 Å². The Morgan fingerprint density at radius 3 is 2.04 bits per heavy atom. The molecule has 1 aliphatic rings. The van der Waals surface area contributed by atoms with Crippen molar-refractivity contribution in [2.24, 2.45) is 0 Å². The summed E-state index contributed by atoms with van der Waals surface area (Å²) in [4.78, 5) is 3.25. The predicted octanol–water partition coefficient (Wildman–Crippen LogP) is 5.88. The molecule has 0 unspecified atom stereocenters. The highest BCUT2D eigenvalue weighted by Crippen LogP contribution is 2.53. The maximum atomic E-state index is 14.4. The Kier molecular flexibility index (Phi) is 8.92. The fourth-order valence-electron chi connectivity index (χ4n) is 6.22. The molecule has 5 aromatic rings. The minimum absolute atomic E-state index is 0.00138. The molecule has 4 atom stereocenters. The number of benzene rings is 4. The fourth-order valence-corrected chi connectivity index (χ4v) is 7.76. The highest BCUT2D eigenvalue weighted by molar-refractivity contribution is 7.91. The lowest BCUT2D eigenvalue weighted by Gasteiger charge is -2.53. The summed E-state index contributed by atoms with van der Waals surface area (Å²) in [6, 6.07) is 34.5. The zero-order valence-electron chi connectivity index (χ0n) is 25.0. The predicted molar refractivity (Wildman–Crippen MR) is 170 cm³/mol. The van der Waals surface area contributed by atoms with Gasteiger partial charge in [-0.25, -0.2) is 8.42 Å². The van der Waals surface area contributed by atoms with Crippen molar-refractivity contribution in [3.63, 3.8) is 0 Å². The summed E-state index contributed by atoms with van der Waals surface area (Å²) >= 11 is 0. The topological polar surface area (TPSA) is 118 Å². The van der Waals surface area contributed by atoms with Gasteiger partial charge in [0.25, 0.3) is 0 Å². The van der Waals surface area contributed by atoms with Crippen molar-refractivity contribution < 1.29 is 32.8 Å². The quantitative estimate of drug-likeness (QED) is 0.167. The monoisotopic (exact) mass is 627 g/mol. The Balaban J connectivity index is 1.57. The number of aliphatic hydroxyl groups is 2. The zero-order chi connectivity index (χ0) is 31.5. The van der Waals surface area contributed by atoms with Crippen LogP contribution in [0, 0.1) is 0 Å². The normalized spacial score (nSPS) is 23.7. The Morgan fingerprint density at radius 1 is 0.844 bits per heavy atom. The number of sulfone groups is 1. The molecule has 3 N–H and O–H groups in total. The Bertz CT molecular complexity index is 1830. The molecule has 0 aliphatic carbocycles. The van der Waals surface area contributed by atoms with E-state index in [1.54, 1.807) is 43.3 Å². The van der Waals surface area contributed by atoms with E-state index in [2.05, 4.69) is 4.98 Å². The highest BCUT2D eigenvalue weighted by Gasteiger charge is 2.62. The summed E-state index contributed by atoms with van der Waals surface area (Å²) in [7, 11) is -4.14. The number of nitrogens with one attached hydrogen (secondary N) is 1. The van der Waals surface area contributed by atoms with Crippen molar-refractivity contribution in [3.05, 3.63) is 132 Å². The molecule has 1 fully saturated rings. The second-order valence-corrected chi connectivity index (χ2v) is 13.2. The van der Waals surface area contributed by atoms with Gasteiger partial charge in [0.05, 0.1) is 30.8 Å². The molecule has 0 bridgehead atoms. The van der Waals surface area contributed by atoms with E-state index in [1.165, 1.54) is 0 Å². The van der Waals surface area contributed by atoms with Crippen molar-refractivity contribution in [2.75, 3.05) is 6.61 Å². The van der Waals surface area contributed by atoms with Crippen LogP contribution < -0.4 is 0 Å². The van der Waals surface area contributed by atoms with Crippen LogP contribution in [0.5, 0.6) is 0 Å². The number of hydrogen-bond acceptors (Lipinski definition) is 7. The molecule has 9 heteroatoms. The molecule has 45 heavy (non-hydrogen) atoms. The molecule has 234 valence electrons. The van der Waals surface area contributed by atoms with Crippen LogP contribution in [0.4, 0.5) is 0 Å². The average Bonchev–Trinajstić information content (AvgIpc) is 3.49. The summed E-state index contributed by atoms with van der Waals surface area (Å²) in [6.07, 6.45) is -1.62. The van der Waals surface area contributed by atoms with Crippen molar-refractivity contribution in [1.29, 1.82) is 0 Å². The van der Waals surface area contributed by atoms with E-state index in [9.17, 15) is 18.6 Å². The van der Waals surface area contributed by atoms with Crippen molar-refractivity contribution >= 4 is 20.7 Å². The van der Waals surface area contributed by atoms with Gasteiger partial charge in [-0.2, -0.15) is 0 Å². The third-order valence-electron chi connectivity index (χ3n) is 8.57. The minimum atomic E-state index is -4.14. The molecule has 2 heterocycles. The van der Waals surface area contributed by atoms with Gasteiger partial charge < -0.3 is 29.4 Å². The lowest BCUT2D eigenvalue weighted by Crippen LogP contribution is -2.64. The smallest absolute Gasteiger partial charge is 0.222 e. The third kappa shape index (κ3) is 5.83. The summed E-state index contributed by atoms with van der Waals surface area (Å²) in [5, 5.41) is 23.5. The van der Waals surface area contributed by atoms with Gasteiger partial charge in [-0.05, 0) is 29.3 Å². The zero-order valence-corrected chi connectivity index (χ0v) is 25.8. The summed E-state index contributed by atoms with van der Waals surface area (Å²) in [6.45, 7) is 1.60. The van der Waals surface area contributed by atoms with Gasteiger partial charge >= 0.3 is 0 Å². The van der Waals surface area contributed by atoms with Crippen LogP contribution >= 0.6 is 0 Å². The first-order valence-electron chi connectivity index (χ1n) is 15.1. The van der Waals surface area contributed by atoms with Crippen LogP contribution in [0.1, 0.15) is 36.5 Å². The number of rotatable bonds is 11. The molecule has 0 radical (unpaired) electrons. The van der Waals surface area contributed by atoms with E-state index >= 15 is 0 Å². The number of para-hydroxylation sites is 1. The number of aromatic nitrogens is 1. The van der Waals surface area contributed by atoms with Crippen LogP contribution in [0.3, 0.4) is 0 Å². The van der Waals surface area contributed by atoms with Gasteiger partial charge in [-0.1, -0.05) is 104 Å². The molecule has 0 saturated carbocycles. The Labute approximate surface area is 263 Å². The highest BCUT2D eigenvalue weighted by atomic mass is 32.2. The standard InChI is InChI=1S/C36H37NO7S/c1-2-36(39)35(43-25-27-16-8-4-9-17-27,22-31(32(23-38)44-36)42-24-26-14-6-3-7-15-26)33-29-20-12-13-21-30(29)37-34(33)45(40,41)28-18-10-5-11-19-28/h3-21,31-32,37-39H,2,22-25H2,1H3/t31-,32+,35-,36-/m0/s1. The first-order valence-corrected chi connectivity index (χ1v) is 16.6. The van der Waals surface area contributed by atoms with E-state index in [1.807, 2.05) is 78.9 Å². The van der Waals surface area contributed by atoms with E-state index in [0.29, 0.717) is 10.9 Å². The molecule has 6 rings (SSSR count). The van der Waals surface area contributed by atoms with Crippen LogP contribution in [0.15, 0.2) is 125 Å². The van der Waals surface area contributed by atoms with Crippen LogP contribution in [-0.4, -0.2) is 48.2 Å². The number of hydrogen-bond donors (Lipinski definition) is 3. The van der Waals surface area contributed by atoms with E-state index in [4.69, 9.17) is 14.2 Å². The number of ether oxygens (including phenoxy) is 3. The molecule has 0 spiro atoms. The van der Waals surface area contributed by atoms with Crippen molar-refractivity contribution in [1.82, 2.24) is 4.98 Å². The first kappa shape index (κ1) is 31.2. The van der Waals surface area contributed by atoms with Crippen LogP contribution in [0.2, 0.25) is 0 Å². The third-order valence-corrected chi connectivity index (χ3v) is 10.3. The van der Waals surface area contributed by atoms with E-state index < -0.39 is 40.0 Å². The maximum Gasteiger partial charge on any atom is 0.222 e. The van der Waals surface area contributed by atoms with Gasteiger partial charge in [-0.3, -0.25) is 0 Å². The number of aliphatic hydroxyl groups excluding tert-OH is 1. The van der Waals surface area contributed by atoms with Gasteiger partial charge in [0.15, 0.2) is 11.4 Å². The summed E-state index contributed by atoms with van der Waals surface area (Å²) in [5.74, 6) is -2.05. The van der Waals surface area contributed by atoms with Crippen molar-refractivity contribution in [2.45, 2.75) is 66.5 Å². The minimum Gasteiger partial charge on any atom is -0.394 e. The maximum absolute atomic E-state index is 14.4. The lowest BCUT2D eigenvalue weighted by atomic mass is 9.75. The molecule has 1 aromatic heterocycles. The molecule has 0 amide bonds. The molecular weight excluding hydrogens is 590 g/mol. The number of aromatic amines is 1. The largest absolute Gasteiger partial charge is 0.394 e. The molecule has 1 saturated heterocycles. The van der Waals surface area contributed by atoms with Gasteiger partial charge in [0.2, 0.25) is 9.84 Å². The number of fused-ring (bicyclic) bond motifs is 1. The SMILES string of the molecule is CC[C@]1(O)O[C@H](CO)[C@@H](OCc2ccccc2)C[C@]1(OCc1ccccc1)c1c(S(=O)(=O)c2ccccc2)[nH]c2ccccc12. The Hall–Kier alpha value is -3.83. The van der Waals surface area contributed by atoms with Gasteiger partial charge in [0, 0.05) is 29.3 Å². The molecule has 1 aliphatic heterocycles. The second kappa shape index (κ2) is 12.9. The van der Waals surface area contributed by atoms with E-state index in [0.717, 1.165) is 11.1 Å². The number of H-pyrrole nitrogens is 1. The van der Waals surface area contributed by atoms with Crippen LogP contribution in [0.25, 0.3) is 10.9 Å². The van der Waals surface area contributed by atoms with Crippen LogP contribution in [-0.2, 0) is 42.9 Å². The van der Waals surface area contributed by atoms with Gasteiger partial charge in [0.1, 0.15) is 11.1 Å². The average molecular weight is 628 g/mol. The summed E-state index contributed by atoms with van der Waals surface area (Å²) in [5.41, 5.74) is 0.817. The molecule has 4 aromatic carbocycles. The first-order chi connectivity index (χ1) is 21.8. The molecular formula is C36H37NO7S. The lowest BCUT2D eigenvalue weighted by molar-refractivity contribution is -0.384. The second-order valence-electron chi connectivity index (χ2n) is 11.3.